The highest BCUT2D eigenvalue weighted by Gasteiger charge is 2.22. The normalized spacial score (nSPS) is 12.5. The molecule has 0 spiro atoms. The van der Waals surface area contributed by atoms with E-state index in [0.29, 0.717) is 70.6 Å². The molecule has 0 heterocycles. The zero-order valence-electron chi connectivity index (χ0n) is 24.7. The highest BCUT2D eigenvalue weighted by molar-refractivity contribution is 6.20. The fourth-order valence-corrected chi connectivity index (χ4v) is 6.36. The molecule has 6 nitrogen and oxygen atoms in total. The SMILES string of the molecule is COc1c2cccc1Cc1cc(C(=O)CCCl)cc(c1O)Cc1cccc(c1OC)Cc1cc(C(=O)CCCl)cc(c1O)C2. The molecule has 5 rings (SSSR count). The van der Waals surface area contributed by atoms with Gasteiger partial charge in [0.25, 0.3) is 0 Å². The van der Waals surface area contributed by atoms with Crippen molar-refractivity contribution >= 4 is 34.8 Å². The van der Waals surface area contributed by atoms with Gasteiger partial charge in [0.1, 0.15) is 23.0 Å². The third kappa shape index (κ3) is 6.42. The highest BCUT2D eigenvalue weighted by Crippen LogP contribution is 2.39. The number of alkyl halides is 2. The van der Waals surface area contributed by atoms with Gasteiger partial charge in [0, 0.05) is 61.4 Å². The Morgan fingerprint density at radius 3 is 1.14 bits per heavy atom. The Balaban J connectivity index is 1.77. The number of aromatic hydroxyl groups is 2. The third-order valence-corrected chi connectivity index (χ3v) is 8.49. The predicted octanol–water partition coefficient (Wildman–Crippen LogP) is 7.41. The van der Waals surface area contributed by atoms with E-state index in [0.717, 1.165) is 22.3 Å². The number of phenols is 2. The van der Waals surface area contributed by atoms with Crippen LogP contribution in [0.25, 0.3) is 0 Å². The molecule has 0 radical (unpaired) electrons. The van der Waals surface area contributed by atoms with Crippen LogP contribution in [-0.2, 0) is 25.7 Å². The molecule has 0 amide bonds. The summed E-state index contributed by atoms with van der Waals surface area (Å²) in [5.74, 6) is 1.59. The summed E-state index contributed by atoms with van der Waals surface area (Å²) in [6.45, 7) is 0. The monoisotopic (exact) mass is 632 g/mol. The fraction of sp³-hybridized carbons (Fsp3) is 0.278. The van der Waals surface area contributed by atoms with E-state index in [1.54, 1.807) is 38.5 Å². The largest absolute Gasteiger partial charge is 0.507 e. The Bertz CT molecular complexity index is 1510. The first-order valence-corrected chi connectivity index (χ1v) is 15.5. The summed E-state index contributed by atoms with van der Waals surface area (Å²) in [5.41, 5.74) is 6.48. The number of carbonyl (C=O) groups is 2. The van der Waals surface area contributed by atoms with Crippen LogP contribution in [0.5, 0.6) is 23.0 Å². The summed E-state index contributed by atoms with van der Waals surface area (Å²) in [4.78, 5) is 26.1. The number of carbonyl (C=O) groups excluding carboxylic acids is 2. The molecule has 1 aliphatic rings. The lowest BCUT2D eigenvalue weighted by Gasteiger charge is -2.20. The van der Waals surface area contributed by atoms with Gasteiger partial charge < -0.3 is 19.7 Å². The lowest BCUT2D eigenvalue weighted by molar-refractivity contribution is 0.0981. The second-order valence-corrected chi connectivity index (χ2v) is 11.7. The number of hydrogen-bond donors (Lipinski definition) is 2. The van der Waals surface area contributed by atoms with Crippen LogP contribution >= 0.6 is 23.2 Å². The molecule has 228 valence electrons. The smallest absolute Gasteiger partial charge is 0.164 e. The van der Waals surface area contributed by atoms with Crippen molar-refractivity contribution in [3.63, 3.8) is 0 Å². The van der Waals surface area contributed by atoms with Crippen molar-refractivity contribution in [3.05, 3.63) is 116 Å². The van der Waals surface area contributed by atoms with Gasteiger partial charge in [0.15, 0.2) is 11.6 Å². The molecule has 2 N–H and O–H groups in total. The molecule has 0 saturated carbocycles. The Kier molecular flexibility index (Phi) is 9.82. The molecule has 44 heavy (non-hydrogen) atoms. The molecule has 1 aliphatic carbocycles. The van der Waals surface area contributed by atoms with Crippen molar-refractivity contribution in [2.75, 3.05) is 26.0 Å². The molecule has 8 heteroatoms. The van der Waals surface area contributed by atoms with E-state index < -0.39 is 0 Å². The minimum absolute atomic E-state index is 0.102. The summed E-state index contributed by atoms with van der Waals surface area (Å²) < 4.78 is 11.8. The number of rotatable bonds is 8. The summed E-state index contributed by atoms with van der Waals surface area (Å²) in [6, 6.07) is 18.3. The van der Waals surface area contributed by atoms with Crippen molar-refractivity contribution in [1.29, 1.82) is 0 Å². The van der Waals surface area contributed by atoms with Crippen molar-refractivity contribution in [2.24, 2.45) is 0 Å². The van der Waals surface area contributed by atoms with Gasteiger partial charge in [0.2, 0.25) is 0 Å². The second-order valence-electron chi connectivity index (χ2n) is 10.9. The molecule has 0 fully saturated rings. The van der Waals surface area contributed by atoms with Crippen LogP contribution in [0, 0.1) is 0 Å². The molecule has 4 aromatic rings. The van der Waals surface area contributed by atoms with Crippen molar-refractivity contribution in [1.82, 2.24) is 0 Å². The molecular weight excluding hydrogens is 599 g/mol. The predicted molar refractivity (Wildman–Crippen MR) is 173 cm³/mol. The molecule has 4 aromatic carbocycles. The number of ketones is 2. The third-order valence-electron chi connectivity index (χ3n) is 8.11. The van der Waals surface area contributed by atoms with Crippen LogP contribution < -0.4 is 9.47 Å². The van der Waals surface area contributed by atoms with Crippen LogP contribution in [0.4, 0.5) is 0 Å². The number of benzene rings is 4. The number of methoxy groups -OCH3 is 2. The number of halogens is 2. The quantitative estimate of drug-likeness (QED) is 0.137. The molecule has 0 aliphatic heterocycles. The molecule has 0 atom stereocenters. The zero-order chi connectivity index (χ0) is 31.4. The van der Waals surface area contributed by atoms with E-state index in [1.807, 2.05) is 36.4 Å². The number of phenolic OH excluding ortho intramolecular Hbond substituents is 2. The molecule has 8 bridgehead atoms. The maximum Gasteiger partial charge on any atom is 0.164 e. The summed E-state index contributed by atoms with van der Waals surface area (Å²) in [6.07, 6.45) is 1.53. The minimum Gasteiger partial charge on any atom is -0.507 e. The van der Waals surface area contributed by atoms with E-state index in [9.17, 15) is 19.8 Å². The van der Waals surface area contributed by atoms with Gasteiger partial charge >= 0.3 is 0 Å². The fourth-order valence-electron chi connectivity index (χ4n) is 6.02. The van der Waals surface area contributed by atoms with Crippen LogP contribution in [0.15, 0.2) is 60.7 Å². The van der Waals surface area contributed by atoms with Crippen LogP contribution in [0.3, 0.4) is 0 Å². The average Bonchev–Trinajstić information content (AvgIpc) is 3.01. The molecule has 0 saturated heterocycles. The standard InChI is InChI=1S/C36H34Cl2O6/c1-43-35-21-5-3-6-22(35)14-28-18-26(32(40)10-12-38)20-30(34(28)42)16-24-8-4-7-23(36(24)44-2)15-29-19-25(31(39)9-11-37)17-27(13-21)33(29)41/h3-8,17-20,41-42H,9-16H2,1-2H3. The lowest BCUT2D eigenvalue weighted by Crippen LogP contribution is -2.08. The van der Waals surface area contributed by atoms with E-state index in [4.69, 9.17) is 32.7 Å². The van der Waals surface area contributed by atoms with E-state index >= 15 is 0 Å². The maximum atomic E-state index is 13.0. The van der Waals surface area contributed by atoms with E-state index in [1.165, 1.54) is 0 Å². The highest BCUT2D eigenvalue weighted by atomic mass is 35.5. The van der Waals surface area contributed by atoms with Gasteiger partial charge in [-0.1, -0.05) is 36.4 Å². The zero-order valence-corrected chi connectivity index (χ0v) is 26.2. The Labute approximate surface area is 267 Å². The Morgan fingerprint density at radius 1 is 0.591 bits per heavy atom. The van der Waals surface area contributed by atoms with Crippen LogP contribution in [0.1, 0.15) is 78.1 Å². The summed E-state index contributed by atoms with van der Waals surface area (Å²) in [7, 11) is 3.16. The van der Waals surface area contributed by atoms with Crippen molar-refractivity contribution < 1.29 is 29.3 Å². The van der Waals surface area contributed by atoms with Crippen LogP contribution in [0.2, 0.25) is 0 Å². The number of Topliss-reactive ketones (excluding diaryl/α,β-unsaturated/α-hetero) is 2. The van der Waals surface area contributed by atoms with Gasteiger partial charge in [-0.25, -0.2) is 0 Å². The molecule has 0 unspecified atom stereocenters. The summed E-state index contributed by atoms with van der Waals surface area (Å²) in [5, 5.41) is 23.1. The first kappa shape index (κ1) is 31.4. The Hall–Kier alpha value is -4.00. The summed E-state index contributed by atoms with van der Waals surface area (Å²) >= 11 is 11.8. The number of hydrogen-bond acceptors (Lipinski definition) is 6. The van der Waals surface area contributed by atoms with Gasteiger partial charge in [-0.3, -0.25) is 9.59 Å². The van der Waals surface area contributed by atoms with Gasteiger partial charge in [0.05, 0.1) is 14.2 Å². The maximum absolute atomic E-state index is 13.0. The van der Waals surface area contributed by atoms with E-state index in [2.05, 4.69) is 0 Å². The Morgan fingerprint density at radius 2 is 0.886 bits per heavy atom. The van der Waals surface area contributed by atoms with Gasteiger partial charge in [-0.2, -0.15) is 0 Å². The van der Waals surface area contributed by atoms with Gasteiger partial charge in [-0.15, -0.1) is 23.2 Å². The second kappa shape index (κ2) is 13.7. The molecule has 0 aromatic heterocycles. The first-order valence-electron chi connectivity index (χ1n) is 14.4. The molecular formula is C36H34Cl2O6. The number of fused-ring (bicyclic) bond motifs is 8. The van der Waals surface area contributed by atoms with Gasteiger partial charge in [-0.05, 0) is 68.8 Å². The van der Waals surface area contributed by atoms with Crippen molar-refractivity contribution in [3.8, 4) is 23.0 Å². The topological polar surface area (TPSA) is 93.1 Å². The lowest BCUT2D eigenvalue weighted by atomic mass is 9.89. The first-order chi connectivity index (χ1) is 21.3. The minimum atomic E-state index is -0.105. The van der Waals surface area contributed by atoms with E-state index in [-0.39, 0.29) is 47.7 Å². The average molecular weight is 634 g/mol. The van der Waals surface area contributed by atoms with Crippen LogP contribution in [-0.4, -0.2) is 47.8 Å². The number of ether oxygens (including phenoxy) is 2. The number of para-hydroxylation sites is 2. The van der Waals surface area contributed by atoms with Crippen molar-refractivity contribution in [2.45, 2.75) is 38.5 Å².